The second-order valence-electron chi connectivity index (χ2n) is 7.39. The molecule has 1 saturated carbocycles. The van der Waals surface area contributed by atoms with Crippen LogP contribution in [0.1, 0.15) is 60.8 Å². The predicted molar refractivity (Wildman–Crippen MR) is 88.6 cm³/mol. The van der Waals surface area contributed by atoms with Crippen molar-refractivity contribution >= 4 is 11.9 Å². The molecule has 0 amide bonds. The van der Waals surface area contributed by atoms with Crippen LogP contribution in [0.3, 0.4) is 0 Å². The quantitative estimate of drug-likeness (QED) is 0.550. The molecular weight excluding hydrogens is 292 g/mol. The van der Waals surface area contributed by atoms with Gasteiger partial charge in [0.25, 0.3) is 0 Å². The average Bonchev–Trinajstić information content (AvgIpc) is 3.03. The third-order valence-corrected chi connectivity index (χ3v) is 5.67. The summed E-state index contributed by atoms with van der Waals surface area (Å²) in [6.07, 6.45) is 5.84. The largest absolute Gasteiger partial charge is 0.463 e. The molecule has 130 valence electrons. The van der Waals surface area contributed by atoms with Gasteiger partial charge in [0.15, 0.2) is 0 Å². The van der Waals surface area contributed by atoms with Crippen LogP contribution in [0.15, 0.2) is 12.2 Å². The van der Waals surface area contributed by atoms with Gasteiger partial charge in [-0.3, -0.25) is 9.59 Å². The molecular formula is C19H30O4. The Morgan fingerprint density at radius 2 is 1.26 bits per heavy atom. The lowest BCUT2D eigenvalue weighted by atomic mass is 9.55. The number of esters is 2. The highest BCUT2D eigenvalue weighted by atomic mass is 16.6. The van der Waals surface area contributed by atoms with Gasteiger partial charge in [-0.2, -0.15) is 0 Å². The zero-order valence-corrected chi connectivity index (χ0v) is 15.2. The number of carbonyl (C=O) groups is 2. The molecule has 0 saturated heterocycles. The number of carbonyl (C=O) groups excluding carboxylic acids is 2. The van der Waals surface area contributed by atoms with Crippen molar-refractivity contribution in [1.82, 2.24) is 0 Å². The lowest BCUT2D eigenvalue weighted by Crippen LogP contribution is -2.56. The van der Waals surface area contributed by atoms with Crippen LogP contribution in [0, 0.1) is 22.7 Å². The smallest absolute Gasteiger partial charge is 0.314 e. The molecule has 4 heteroatoms. The molecule has 4 nitrogen and oxygen atoms in total. The normalized spacial score (nSPS) is 35.1. The molecule has 1 fully saturated rings. The second-order valence-corrected chi connectivity index (χ2v) is 7.39. The van der Waals surface area contributed by atoms with E-state index in [9.17, 15) is 9.59 Å². The Labute approximate surface area is 139 Å². The molecule has 4 atom stereocenters. The molecule has 0 heterocycles. The Morgan fingerprint density at radius 3 is 1.52 bits per heavy atom. The number of ether oxygens (including phenoxy) is 2. The van der Waals surface area contributed by atoms with Gasteiger partial charge in [-0.05, 0) is 58.8 Å². The molecule has 0 aromatic carbocycles. The fourth-order valence-corrected chi connectivity index (χ4v) is 4.84. The summed E-state index contributed by atoms with van der Waals surface area (Å²) in [4.78, 5) is 26.2. The minimum absolute atomic E-state index is 0.0587. The van der Waals surface area contributed by atoms with Crippen LogP contribution in [0.5, 0.6) is 0 Å². The van der Waals surface area contributed by atoms with E-state index < -0.39 is 10.8 Å². The van der Waals surface area contributed by atoms with Crippen molar-refractivity contribution in [3.8, 4) is 0 Å². The molecule has 2 aliphatic carbocycles. The first-order chi connectivity index (χ1) is 10.8. The van der Waals surface area contributed by atoms with Crippen LogP contribution >= 0.6 is 0 Å². The van der Waals surface area contributed by atoms with E-state index in [-0.39, 0.29) is 36.0 Å². The molecule has 2 rings (SSSR count). The molecule has 4 unspecified atom stereocenters. The van der Waals surface area contributed by atoms with E-state index in [1.807, 2.05) is 41.5 Å². The zero-order valence-electron chi connectivity index (χ0n) is 15.2. The topological polar surface area (TPSA) is 52.6 Å². The lowest BCUT2D eigenvalue weighted by Gasteiger charge is -2.47. The van der Waals surface area contributed by atoms with Gasteiger partial charge in [0.05, 0.1) is 23.0 Å². The SMILES string of the molecule is CCC1(C(=O)OC(C)C)C2C=CC(C2)C1(CC)C(=O)OC(C)C. The van der Waals surface area contributed by atoms with Crippen molar-refractivity contribution in [3.63, 3.8) is 0 Å². The third-order valence-electron chi connectivity index (χ3n) is 5.67. The Kier molecular flexibility index (Phi) is 4.93. The zero-order chi connectivity index (χ0) is 17.4. The number of fused-ring (bicyclic) bond motifs is 2. The second kappa shape index (κ2) is 6.29. The van der Waals surface area contributed by atoms with Crippen molar-refractivity contribution in [2.24, 2.45) is 22.7 Å². The fraction of sp³-hybridized carbons (Fsp3) is 0.789. The lowest BCUT2D eigenvalue weighted by molar-refractivity contribution is -0.189. The first-order valence-corrected chi connectivity index (χ1v) is 8.86. The summed E-state index contributed by atoms with van der Waals surface area (Å²) in [5.41, 5.74) is -1.62. The molecule has 0 radical (unpaired) electrons. The van der Waals surface area contributed by atoms with Crippen LogP contribution in [0.2, 0.25) is 0 Å². The number of rotatable bonds is 6. The average molecular weight is 322 g/mol. The number of hydrogen-bond donors (Lipinski definition) is 0. The molecule has 0 spiro atoms. The van der Waals surface area contributed by atoms with E-state index in [1.54, 1.807) is 0 Å². The van der Waals surface area contributed by atoms with Crippen molar-refractivity contribution in [1.29, 1.82) is 0 Å². The first-order valence-electron chi connectivity index (χ1n) is 8.86. The molecule has 0 aromatic heterocycles. The highest BCUT2D eigenvalue weighted by Crippen LogP contribution is 2.67. The van der Waals surface area contributed by atoms with E-state index >= 15 is 0 Å². The standard InChI is InChI=1S/C19H30O4/c1-7-18(16(20)22-12(3)4)14-9-10-15(11-14)19(18,8-2)17(21)23-13(5)6/h9-10,12-15H,7-8,11H2,1-6H3. The molecule has 2 bridgehead atoms. The van der Waals surface area contributed by atoms with E-state index in [2.05, 4.69) is 12.2 Å². The molecule has 0 aromatic rings. The van der Waals surface area contributed by atoms with Crippen molar-refractivity contribution < 1.29 is 19.1 Å². The van der Waals surface area contributed by atoms with Crippen LogP contribution in [0.25, 0.3) is 0 Å². The highest BCUT2D eigenvalue weighted by molar-refractivity contribution is 5.91. The Hall–Kier alpha value is -1.32. The van der Waals surface area contributed by atoms with E-state index in [1.165, 1.54) is 0 Å². The van der Waals surface area contributed by atoms with Gasteiger partial charge >= 0.3 is 11.9 Å². The molecule has 2 aliphatic rings. The van der Waals surface area contributed by atoms with Crippen LogP contribution in [0.4, 0.5) is 0 Å². The van der Waals surface area contributed by atoms with Crippen molar-refractivity contribution in [3.05, 3.63) is 12.2 Å². The minimum atomic E-state index is -0.808. The van der Waals surface area contributed by atoms with E-state index in [0.717, 1.165) is 6.42 Å². The van der Waals surface area contributed by atoms with Gasteiger partial charge in [0.2, 0.25) is 0 Å². The van der Waals surface area contributed by atoms with Crippen LogP contribution < -0.4 is 0 Å². The maximum atomic E-state index is 13.1. The summed E-state index contributed by atoms with van der Waals surface area (Å²) in [5, 5.41) is 0. The Bertz CT molecular complexity index is 463. The number of hydrogen-bond acceptors (Lipinski definition) is 4. The summed E-state index contributed by atoms with van der Waals surface area (Å²) in [6.45, 7) is 11.4. The summed E-state index contributed by atoms with van der Waals surface area (Å²) in [7, 11) is 0. The van der Waals surface area contributed by atoms with Gasteiger partial charge in [0, 0.05) is 0 Å². The fourth-order valence-electron chi connectivity index (χ4n) is 4.84. The minimum Gasteiger partial charge on any atom is -0.463 e. The summed E-state index contributed by atoms with van der Waals surface area (Å²) >= 11 is 0. The number of allylic oxidation sites excluding steroid dienone is 2. The van der Waals surface area contributed by atoms with Crippen molar-refractivity contribution in [2.75, 3.05) is 0 Å². The highest BCUT2D eigenvalue weighted by Gasteiger charge is 2.72. The van der Waals surface area contributed by atoms with Crippen LogP contribution in [-0.4, -0.2) is 24.1 Å². The van der Waals surface area contributed by atoms with Gasteiger partial charge < -0.3 is 9.47 Å². The predicted octanol–water partition coefficient (Wildman–Crippen LogP) is 3.89. The monoisotopic (exact) mass is 322 g/mol. The Morgan fingerprint density at radius 1 is 0.913 bits per heavy atom. The van der Waals surface area contributed by atoms with Crippen molar-refractivity contribution in [2.45, 2.75) is 73.0 Å². The van der Waals surface area contributed by atoms with E-state index in [0.29, 0.717) is 12.8 Å². The van der Waals surface area contributed by atoms with Crippen LogP contribution in [-0.2, 0) is 19.1 Å². The van der Waals surface area contributed by atoms with E-state index in [4.69, 9.17) is 9.47 Å². The summed E-state index contributed by atoms with van der Waals surface area (Å²) < 4.78 is 11.2. The summed E-state index contributed by atoms with van der Waals surface area (Å²) in [5.74, 6) is -0.365. The van der Waals surface area contributed by atoms with Gasteiger partial charge in [-0.25, -0.2) is 0 Å². The van der Waals surface area contributed by atoms with Gasteiger partial charge in [0.1, 0.15) is 0 Å². The first kappa shape index (κ1) is 18.0. The maximum absolute atomic E-state index is 13.1. The third kappa shape index (κ3) is 2.41. The molecule has 23 heavy (non-hydrogen) atoms. The van der Waals surface area contributed by atoms with Gasteiger partial charge in [-0.1, -0.05) is 26.0 Å². The van der Waals surface area contributed by atoms with Gasteiger partial charge in [-0.15, -0.1) is 0 Å². The maximum Gasteiger partial charge on any atom is 0.314 e. The molecule has 0 aliphatic heterocycles. The Balaban J connectivity index is 2.54. The summed E-state index contributed by atoms with van der Waals surface area (Å²) in [6, 6.07) is 0. The molecule has 0 N–H and O–H groups in total.